The Bertz CT molecular complexity index is 590. The van der Waals surface area contributed by atoms with Gasteiger partial charge in [-0.15, -0.1) is 0 Å². The van der Waals surface area contributed by atoms with Gasteiger partial charge in [-0.05, 0) is 23.6 Å². The molecule has 2 nitrogen and oxygen atoms in total. The van der Waals surface area contributed by atoms with E-state index in [9.17, 15) is 9.18 Å². The molecule has 0 spiro atoms. The summed E-state index contributed by atoms with van der Waals surface area (Å²) in [7, 11) is 0. The van der Waals surface area contributed by atoms with E-state index >= 15 is 0 Å². The van der Waals surface area contributed by atoms with Crippen LogP contribution < -0.4 is 5.32 Å². The maximum Gasteiger partial charge on any atom is 0.181 e. The average molecular weight is 271 g/mol. The Balaban J connectivity index is 2.00. The topological polar surface area (TPSA) is 29.1 Å². The number of hydrogen-bond donors (Lipinski definition) is 1. The fraction of sp³-hybridized carbons (Fsp3) is 0.235. The van der Waals surface area contributed by atoms with Crippen LogP contribution >= 0.6 is 0 Å². The molecule has 0 saturated heterocycles. The van der Waals surface area contributed by atoms with Crippen LogP contribution in [0.15, 0.2) is 48.5 Å². The second-order valence-electron chi connectivity index (χ2n) is 5.03. The van der Waals surface area contributed by atoms with Crippen LogP contribution in [0.4, 0.5) is 10.1 Å². The highest BCUT2D eigenvalue weighted by atomic mass is 19.1. The first-order valence-corrected chi connectivity index (χ1v) is 6.69. The molecule has 1 N–H and O–H groups in total. The van der Waals surface area contributed by atoms with Crippen molar-refractivity contribution in [3.8, 4) is 0 Å². The van der Waals surface area contributed by atoms with Crippen molar-refractivity contribution in [2.45, 2.75) is 19.8 Å². The van der Waals surface area contributed by atoms with Crippen molar-refractivity contribution in [2.24, 2.45) is 0 Å². The number of carbonyl (C=O) groups is 1. The first-order valence-electron chi connectivity index (χ1n) is 6.69. The molecular weight excluding hydrogens is 253 g/mol. The smallest absolute Gasteiger partial charge is 0.181 e. The van der Waals surface area contributed by atoms with Crippen LogP contribution in [0.1, 0.15) is 35.7 Å². The molecule has 3 heteroatoms. The Hall–Kier alpha value is -2.16. The van der Waals surface area contributed by atoms with Crippen molar-refractivity contribution in [2.75, 3.05) is 11.9 Å². The first kappa shape index (κ1) is 14.3. The second-order valence-corrected chi connectivity index (χ2v) is 5.03. The summed E-state index contributed by atoms with van der Waals surface area (Å²) in [5.74, 6) is 0.0368. The summed E-state index contributed by atoms with van der Waals surface area (Å²) in [4.78, 5) is 12.0. The van der Waals surface area contributed by atoms with Gasteiger partial charge in [0.2, 0.25) is 0 Å². The number of benzene rings is 2. The predicted octanol–water partition coefficient (Wildman–Crippen LogP) is 4.24. The third kappa shape index (κ3) is 3.44. The Morgan fingerprint density at radius 2 is 1.75 bits per heavy atom. The first-order chi connectivity index (χ1) is 9.58. The van der Waals surface area contributed by atoms with Crippen LogP contribution in [0, 0.1) is 5.82 Å². The van der Waals surface area contributed by atoms with Gasteiger partial charge in [0, 0.05) is 5.56 Å². The van der Waals surface area contributed by atoms with E-state index in [-0.39, 0.29) is 18.1 Å². The third-order valence-electron chi connectivity index (χ3n) is 3.21. The van der Waals surface area contributed by atoms with Crippen LogP contribution in [0.2, 0.25) is 0 Å². The maximum absolute atomic E-state index is 13.4. The summed E-state index contributed by atoms with van der Waals surface area (Å²) < 4.78 is 13.4. The number of anilines is 1. The molecule has 104 valence electrons. The average Bonchev–Trinajstić information content (AvgIpc) is 2.46. The minimum atomic E-state index is -0.351. The van der Waals surface area contributed by atoms with E-state index < -0.39 is 0 Å². The molecule has 2 rings (SSSR count). The van der Waals surface area contributed by atoms with Crippen LogP contribution in [-0.2, 0) is 0 Å². The Morgan fingerprint density at radius 3 is 2.35 bits per heavy atom. The molecule has 0 atom stereocenters. The SMILES string of the molecule is CC(C)c1ccc(C(=O)CNc2ccccc2F)cc1. The van der Waals surface area contributed by atoms with Crippen molar-refractivity contribution in [1.29, 1.82) is 0 Å². The van der Waals surface area contributed by atoms with Gasteiger partial charge in [0.25, 0.3) is 0 Å². The number of nitrogens with one attached hydrogen (secondary N) is 1. The Labute approximate surface area is 118 Å². The summed E-state index contributed by atoms with van der Waals surface area (Å²) in [6.45, 7) is 4.30. The number of halogens is 1. The van der Waals surface area contributed by atoms with Crippen molar-refractivity contribution >= 4 is 11.5 Å². The lowest BCUT2D eigenvalue weighted by atomic mass is 10.0. The molecule has 0 fully saturated rings. The zero-order valence-corrected chi connectivity index (χ0v) is 11.7. The number of ketones is 1. The summed E-state index contributed by atoms with van der Waals surface area (Å²) in [6, 6.07) is 13.9. The lowest BCUT2D eigenvalue weighted by molar-refractivity contribution is 0.101. The summed E-state index contributed by atoms with van der Waals surface area (Å²) >= 11 is 0. The van der Waals surface area contributed by atoms with Gasteiger partial charge in [0.05, 0.1) is 12.2 Å². The van der Waals surface area contributed by atoms with Crippen molar-refractivity contribution < 1.29 is 9.18 Å². The Morgan fingerprint density at radius 1 is 1.10 bits per heavy atom. The highest BCUT2D eigenvalue weighted by molar-refractivity contribution is 5.99. The van der Waals surface area contributed by atoms with Gasteiger partial charge < -0.3 is 5.32 Å². The molecule has 0 aliphatic heterocycles. The molecule has 0 unspecified atom stereocenters. The highest BCUT2D eigenvalue weighted by Crippen LogP contribution is 2.16. The predicted molar refractivity (Wildman–Crippen MR) is 79.8 cm³/mol. The Kier molecular flexibility index (Phi) is 4.51. The second kappa shape index (κ2) is 6.33. The summed E-state index contributed by atoms with van der Waals surface area (Å²) in [5.41, 5.74) is 2.18. The number of rotatable bonds is 5. The third-order valence-corrected chi connectivity index (χ3v) is 3.21. The van der Waals surface area contributed by atoms with E-state index in [0.717, 1.165) is 0 Å². The van der Waals surface area contributed by atoms with Crippen molar-refractivity contribution in [3.63, 3.8) is 0 Å². The number of para-hydroxylation sites is 1. The fourth-order valence-corrected chi connectivity index (χ4v) is 1.94. The van der Waals surface area contributed by atoms with Gasteiger partial charge in [-0.3, -0.25) is 4.79 Å². The summed E-state index contributed by atoms with van der Waals surface area (Å²) in [6.07, 6.45) is 0. The molecule has 0 aromatic heterocycles. The zero-order chi connectivity index (χ0) is 14.5. The normalized spacial score (nSPS) is 10.6. The van der Waals surface area contributed by atoms with E-state index in [1.54, 1.807) is 18.2 Å². The van der Waals surface area contributed by atoms with Crippen molar-refractivity contribution in [3.05, 3.63) is 65.5 Å². The van der Waals surface area contributed by atoms with Crippen LogP contribution in [0.3, 0.4) is 0 Å². The highest BCUT2D eigenvalue weighted by Gasteiger charge is 2.08. The van der Waals surface area contributed by atoms with Gasteiger partial charge in [-0.1, -0.05) is 50.2 Å². The standard InChI is InChI=1S/C17H18FNO/c1-12(2)13-7-9-14(10-8-13)17(20)11-19-16-6-4-3-5-15(16)18/h3-10,12,19H,11H2,1-2H3. The zero-order valence-electron chi connectivity index (χ0n) is 11.7. The fourth-order valence-electron chi connectivity index (χ4n) is 1.94. The van der Waals surface area contributed by atoms with Gasteiger partial charge in [-0.2, -0.15) is 0 Å². The molecule has 2 aromatic rings. The van der Waals surface area contributed by atoms with E-state index in [0.29, 0.717) is 17.2 Å². The van der Waals surface area contributed by atoms with E-state index in [4.69, 9.17) is 0 Å². The maximum atomic E-state index is 13.4. The van der Waals surface area contributed by atoms with Gasteiger partial charge in [0.1, 0.15) is 5.82 Å². The monoisotopic (exact) mass is 271 g/mol. The van der Waals surface area contributed by atoms with E-state index in [1.165, 1.54) is 11.6 Å². The molecule has 0 heterocycles. The van der Waals surface area contributed by atoms with Gasteiger partial charge in [-0.25, -0.2) is 4.39 Å². The summed E-state index contributed by atoms with van der Waals surface area (Å²) in [5, 5.41) is 2.82. The molecular formula is C17H18FNO. The quantitative estimate of drug-likeness (QED) is 0.824. The molecule has 20 heavy (non-hydrogen) atoms. The number of hydrogen-bond acceptors (Lipinski definition) is 2. The molecule has 0 bridgehead atoms. The lowest BCUT2D eigenvalue weighted by Crippen LogP contribution is -2.14. The minimum Gasteiger partial charge on any atom is -0.375 e. The number of carbonyl (C=O) groups excluding carboxylic acids is 1. The molecule has 0 saturated carbocycles. The molecule has 0 radical (unpaired) electrons. The minimum absolute atomic E-state index is 0.0523. The lowest BCUT2D eigenvalue weighted by Gasteiger charge is -2.08. The van der Waals surface area contributed by atoms with E-state index in [2.05, 4.69) is 19.2 Å². The largest absolute Gasteiger partial charge is 0.375 e. The van der Waals surface area contributed by atoms with Crippen LogP contribution in [0.5, 0.6) is 0 Å². The molecule has 0 aliphatic carbocycles. The van der Waals surface area contributed by atoms with Crippen LogP contribution in [-0.4, -0.2) is 12.3 Å². The molecule has 0 amide bonds. The number of Topliss-reactive ketones (excluding diaryl/α,β-unsaturated/α-hetero) is 1. The van der Waals surface area contributed by atoms with Crippen LogP contribution in [0.25, 0.3) is 0 Å². The van der Waals surface area contributed by atoms with Gasteiger partial charge in [0.15, 0.2) is 5.78 Å². The molecule has 2 aromatic carbocycles. The molecule has 0 aliphatic rings. The van der Waals surface area contributed by atoms with Crippen molar-refractivity contribution in [1.82, 2.24) is 0 Å². The van der Waals surface area contributed by atoms with Gasteiger partial charge >= 0.3 is 0 Å². The van der Waals surface area contributed by atoms with E-state index in [1.807, 2.05) is 24.3 Å².